The molecular formula is C19H23FN2O2. The topological polar surface area (TPSA) is 41.6 Å². The van der Waals surface area contributed by atoms with Crippen molar-refractivity contribution in [1.29, 1.82) is 0 Å². The van der Waals surface area contributed by atoms with Crippen LogP contribution in [0.2, 0.25) is 0 Å². The summed E-state index contributed by atoms with van der Waals surface area (Å²) in [6, 6.07) is 10.6. The normalized spacial score (nSPS) is 10.8. The highest BCUT2D eigenvalue weighted by atomic mass is 19.1. The molecule has 2 aromatic rings. The number of nitrogens with zero attached hydrogens (tertiary/aromatic N) is 1. The average molecular weight is 330 g/mol. The van der Waals surface area contributed by atoms with Crippen molar-refractivity contribution in [2.24, 2.45) is 0 Å². The zero-order chi connectivity index (χ0) is 17.7. The molecule has 0 saturated heterocycles. The van der Waals surface area contributed by atoms with Crippen LogP contribution in [-0.2, 0) is 11.3 Å². The fraction of sp³-hybridized carbons (Fsp3) is 0.316. The molecule has 1 N–H and O–H groups in total. The number of hydrogen-bond acceptors (Lipinski definition) is 3. The smallest absolute Gasteiger partial charge is 0.238 e. The van der Waals surface area contributed by atoms with Crippen LogP contribution in [0.4, 0.5) is 10.1 Å². The third-order valence-corrected chi connectivity index (χ3v) is 3.87. The second-order valence-electron chi connectivity index (χ2n) is 5.99. The minimum atomic E-state index is -0.400. The van der Waals surface area contributed by atoms with Crippen molar-refractivity contribution in [2.45, 2.75) is 20.4 Å². The van der Waals surface area contributed by atoms with E-state index in [4.69, 9.17) is 4.74 Å². The van der Waals surface area contributed by atoms with E-state index in [1.54, 1.807) is 12.1 Å². The summed E-state index contributed by atoms with van der Waals surface area (Å²) >= 11 is 0. The van der Waals surface area contributed by atoms with Crippen LogP contribution < -0.4 is 10.1 Å². The van der Waals surface area contributed by atoms with Crippen molar-refractivity contribution in [3.63, 3.8) is 0 Å². The number of nitrogens with one attached hydrogen (secondary N) is 1. The molecule has 0 aromatic heterocycles. The van der Waals surface area contributed by atoms with Crippen LogP contribution in [0.1, 0.15) is 16.7 Å². The van der Waals surface area contributed by atoms with Gasteiger partial charge in [-0.3, -0.25) is 9.69 Å². The van der Waals surface area contributed by atoms with Crippen LogP contribution in [-0.4, -0.2) is 31.5 Å². The summed E-state index contributed by atoms with van der Waals surface area (Å²) < 4.78 is 18.6. The minimum Gasteiger partial charge on any atom is -0.494 e. The Balaban J connectivity index is 1.91. The molecule has 2 aromatic carbocycles. The van der Waals surface area contributed by atoms with Gasteiger partial charge in [-0.25, -0.2) is 4.39 Å². The molecule has 24 heavy (non-hydrogen) atoms. The van der Waals surface area contributed by atoms with Gasteiger partial charge in [-0.2, -0.15) is 0 Å². The van der Waals surface area contributed by atoms with Gasteiger partial charge in [-0.15, -0.1) is 0 Å². The summed E-state index contributed by atoms with van der Waals surface area (Å²) in [5, 5.41) is 2.88. The van der Waals surface area contributed by atoms with Crippen molar-refractivity contribution in [2.75, 3.05) is 26.0 Å². The largest absolute Gasteiger partial charge is 0.494 e. The number of halogens is 1. The van der Waals surface area contributed by atoms with Crippen LogP contribution in [0.5, 0.6) is 5.75 Å². The summed E-state index contributed by atoms with van der Waals surface area (Å²) in [5.74, 6) is -0.286. The number of ether oxygens (including phenoxy) is 1. The molecule has 0 heterocycles. The van der Waals surface area contributed by atoms with Gasteiger partial charge in [-0.1, -0.05) is 12.1 Å². The van der Waals surface area contributed by atoms with Gasteiger partial charge in [-0.05, 0) is 61.9 Å². The van der Waals surface area contributed by atoms with Gasteiger partial charge in [0, 0.05) is 12.2 Å². The molecule has 1 amide bonds. The zero-order valence-electron chi connectivity index (χ0n) is 14.5. The average Bonchev–Trinajstić information content (AvgIpc) is 2.51. The first-order valence-corrected chi connectivity index (χ1v) is 7.77. The molecule has 0 spiro atoms. The summed E-state index contributed by atoms with van der Waals surface area (Å²) in [5.41, 5.74) is 3.89. The van der Waals surface area contributed by atoms with E-state index in [1.807, 2.05) is 44.0 Å². The van der Waals surface area contributed by atoms with Gasteiger partial charge in [0.2, 0.25) is 5.91 Å². The van der Waals surface area contributed by atoms with E-state index in [2.05, 4.69) is 5.32 Å². The van der Waals surface area contributed by atoms with E-state index < -0.39 is 5.82 Å². The number of anilines is 1. The first-order valence-electron chi connectivity index (χ1n) is 7.77. The lowest BCUT2D eigenvalue weighted by Crippen LogP contribution is -2.29. The van der Waals surface area contributed by atoms with Crippen molar-refractivity contribution < 1.29 is 13.9 Å². The molecule has 128 valence electrons. The number of benzene rings is 2. The Bertz CT molecular complexity index is 731. The molecule has 0 saturated carbocycles. The van der Waals surface area contributed by atoms with Gasteiger partial charge >= 0.3 is 0 Å². The summed E-state index contributed by atoms with van der Waals surface area (Å²) in [4.78, 5) is 14.0. The maximum atomic E-state index is 13.7. The Morgan fingerprint density at radius 3 is 2.54 bits per heavy atom. The number of carbonyl (C=O) groups is 1. The highest BCUT2D eigenvalue weighted by Crippen LogP contribution is 2.18. The molecule has 5 heteroatoms. The Morgan fingerprint density at radius 1 is 1.17 bits per heavy atom. The standard InChI is InChI=1S/C19H23FN2O2/c1-13-5-7-16(9-14(13)2)21-19(23)12-22(3)11-15-6-8-18(24-4)17(20)10-15/h5-10H,11-12H2,1-4H3,(H,21,23). The van der Waals surface area contributed by atoms with E-state index in [0.29, 0.717) is 6.54 Å². The number of amides is 1. The molecule has 0 fully saturated rings. The second-order valence-corrected chi connectivity index (χ2v) is 5.99. The fourth-order valence-corrected chi connectivity index (χ4v) is 2.44. The quantitative estimate of drug-likeness (QED) is 0.881. The predicted octanol–water partition coefficient (Wildman–Crippen LogP) is 3.52. The second kappa shape index (κ2) is 7.93. The molecule has 0 atom stereocenters. The van der Waals surface area contributed by atoms with Crippen LogP contribution in [0.15, 0.2) is 36.4 Å². The Kier molecular flexibility index (Phi) is 5.93. The van der Waals surface area contributed by atoms with Crippen LogP contribution in [0, 0.1) is 19.7 Å². The lowest BCUT2D eigenvalue weighted by molar-refractivity contribution is -0.117. The molecule has 0 aliphatic carbocycles. The van der Waals surface area contributed by atoms with Gasteiger partial charge < -0.3 is 10.1 Å². The number of rotatable bonds is 6. The molecular weight excluding hydrogens is 307 g/mol. The Labute approximate surface area is 142 Å². The lowest BCUT2D eigenvalue weighted by Gasteiger charge is -2.17. The SMILES string of the molecule is COc1ccc(CN(C)CC(=O)Nc2ccc(C)c(C)c2)cc1F. The monoisotopic (exact) mass is 330 g/mol. The molecule has 0 aliphatic rings. The number of aryl methyl sites for hydroxylation is 2. The van der Waals surface area contributed by atoms with Gasteiger partial charge in [0.25, 0.3) is 0 Å². The Morgan fingerprint density at radius 2 is 1.92 bits per heavy atom. The number of carbonyl (C=O) groups excluding carboxylic acids is 1. The number of hydrogen-bond donors (Lipinski definition) is 1. The van der Waals surface area contributed by atoms with E-state index in [-0.39, 0.29) is 18.2 Å². The van der Waals surface area contributed by atoms with E-state index in [9.17, 15) is 9.18 Å². The molecule has 0 aliphatic heterocycles. The summed E-state index contributed by atoms with van der Waals surface area (Å²) in [6.45, 7) is 4.74. The molecule has 0 radical (unpaired) electrons. The van der Waals surface area contributed by atoms with Crippen molar-refractivity contribution in [1.82, 2.24) is 4.90 Å². The maximum Gasteiger partial charge on any atom is 0.238 e. The van der Waals surface area contributed by atoms with Crippen LogP contribution in [0.3, 0.4) is 0 Å². The van der Waals surface area contributed by atoms with Gasteiger partial charge in [0.15, 0.2) is 11.6 Å². The highest BCUT2D eigenvalue weighted by Gasteiger charge is 2.10. The van der Waals surface area contributed by atoms with Crippen LogP contribution >= 0.6 is 0 Å². The highest BCUT2D eigenvalue weighted by molar-refractivity contribution is 5.92. The Hall–Kier alpha value is -2.40. The lowest BCUT2D eigenvalue weighted by atomic mass is 10.1. The van der Waals surface area contributed by atoms with Gasteiger partial charge in [0.1, 0.15) is 0 Å². The van der Waals surface area contributed by atoms with E-state index >= 15 is 0 Å². The third-order valence-electron chi connectivity index (χ3n) is 3.87. The fourth-order valence-electron chi connectivity index (χ4n) is 2.44. The summed E-state index contributed by atoms with van der Waals surface area (Å²) in [7, 11) is 3.25. The maximum absolute atomic E-state index is 13.7. The van der Waals surface area contributed by atoms with Crippen molar-refractivity contribution >= 4 is 11.6 Å². The van der Waals surface area contributed by atoms with Crippen molar-refractivity contribution in [3.05, 3.63) is 58.9 Å². The third kappa shape index (κ3) is 4.80. The molecule has 0 bridgehead atoms. The molecule has 2 rings (SSSR count). The van der Waals surface area contributed by atoms with Crippen molar-refractivity contribution in [3.8, 4) is 5.75 Å². The van der Waals surface area contributed by atoms with Gasteiger partial charge in [0.05, 0.1) is 13.7 Å². The minimum absolute atomic E-state index is 0.102. The van der Waals surface area contributed by atoms with Crippen LogP contribution in [0.25, 0.3) is 0 Å². The molecule has 4 nitrogen and oxygen atoms in total. The summed E-state index contributed by atoms with van der Waals surface area (Å²) in [6.07, 6.45) is 0. The first kappa shape index (κ1) is 17.9. The zero-order valence-corrected chi connectivity index (χ0v) is 14.5. The van der Waals surface area contributed by atoms with E-state index in [1.165, 1.54) is 18.7 Å². The number of methoxy groups -OCH3 is 1. The predicted molar refractivity (Wildman–Crippen MR) is 93.8 cm³/mol. The number of likely N-dealkylation sites (N-methyl/N-ethyl adjacent to an activating group) is 1. The van der Waals surface area contributed by atoms with E-state index in [0.717, 1.165) is 16.8 Å². The first-order chi connectivity index (χ1) is 11.4. The molecule has 0 unspecified atom stereocenters.